The Hall–Kier alpha value is -2.20. The molecule has 2 aromatic carbocycles. The highest BCUT2D eigenvalue weighted by Gasteiger charge is 2.18. The molecule has 3 nitrogen and oxygen atoms in total. The second-order valence-electron chi connectivity index (χ2n) is 5.17. The number of nitrogens with zero attached hydrogens (tertiary/aromatic N) is 2. The van der Waals surface area contributed by atoms with E-state index in [0.29, 0.717) is 0 Å². The lowest BCUT2D eigenvalue weighted by molar-refractivity contribution is 0.415. The van der Waals surface area contributed by atoms with E-state index in [9.17, 15) is 0 Å². The molecule has 0 saturated heterocycles. The number of para-hydroxylation sites is 1. The first-order valence-electron chi connectivity index (χ1n) is 7.64. The van der Waals surface area contributed by atoms with Gasteiger partial charge in [0, 0.05) is 11.1 Å². The third-order valence-electron chi connectivity index (χ3n) is 3.86. The van der Waals surface area contributed by atoms with Gasteiger partial charge in [-0.3, -0.25) is 0 Å². The van der Waals surface area contributed by atoms with Crippen molar-refractivity contribution < 1.29 is 4.74 Å². The van der Waals surface area contributed by atoms with Gasteiger partial charge in [-0.1, -0.05) is 25.1 Å². The highest BCUT2D eigenvalue weighted by molar-refractivity contribution is 7.98. The Kier molecular flexibility index (Phi) is 4.72. The van der Waals surface area contributed by atoms with Crippen molar-refractivity contribution in [2.24, 2.45) is 0 Å². The number of thioether (sulfide) groups is 1. The maximum Gasteiger partial charge on any atom is 0.122 e. The second-order valence-corrected chi connectivity index (χ2v) is 5.96. The van der Waals surface area contributed by atoms with Gasteiger partial charge in [0.2, 0.25) is 0 Å². The first-order chi connectivity index (χ1) is 11.3. The molecule has 0 aliphatic heterocycles. The Balaban J connectivity index is 2.21. The van der Waals surface area contributed by atoms with Crippen molar-refractivity contribution in [3.05, 3.63) is 60.2 Å². The molecule has 0 radical (unpaired) electrons. The van der Waals surface area contributed by atoms with Crippen LogP contribution in [0.3, 0.4) is 0 Å². The minimum absolute atomic E-state index is 0.864. The van der Waals surface area contributed by atoms with Gasteiger partial charge in [-0.25, -0.2) is 4.68 Å². The van der Waals surface area contributed by atoms with Crippen LogP contribution in [0.4, 0.5) is 0 Å². The molecule has 3 rings (SSSR count). The number of ether oxygens (including phenoxy) is 1. The van der Waals surface area contributed by atoms with Crippen LogP contribution >= 0.6 is 11.8 Å². The monoisotopic (exact) mass is 324 g/mol. The average molecular weight is 324 g/mol. The molecule has 23 heavy (non-hydrogen) atoms. The Morgan fingerprint density at radius 1 is 1.04 bits per heavy atom. The zero-order valence-electron chi connectivity index (χ0n) is 13.6. The summed E-state index contributed by atoms with van der Waals surface area (Å²) in [5.41, 5.74) is 4.67. The van der Waals surface area contributed by atoms with Gasteiger partial charge >= 0.3 is 0 Å². The molecule has 0 aliphatic carbocycles. The number of methoxy groups -OCH3 is 1. The third kappa shape index (κ3) is 2.99. The molecular weight excluding hydrogens is 304 g/mol. The summed E-state index contributed by atoms with van der Waals surface area (Å²) >= 11 is 1.70. The molecule has 3 aromatic rings. The van der Waals surface area contributed by atoms with E-state index >= 15 is 0 Å². The van der Waals surface area contributed by atoms with E-state index in [-0.39, 0.29) is 0 Å². The fourth-order valence-electron chi connectivity index (χ4n) is 2.71. The van der Waals surface area contributed by atoms with Crippen molar-refractivity contribution in [3.63, 3.8) is 0 Å². The molecule has 0 unspecified atom stereocenters. The summed E-state index contributed by atoms with van der Waals surface area (Å²) in [5, 5.41) is 5.92. The highest BCUT2D eigenvalue weighted by Crippen LogP contribution is 2.34. The number of aromatic nitrogens is 2. The molecule has 4 heteroatoms. The van der Waals surface area contributed by atoms with E-state index in [1.54, 1.807) is 18.9 Å². The van der Waals surface area contributed by atoms with Crippen molar-refractivity contribution in [2.75, 3.05) is 13.4 Å². The molecule has 0 atom stereocenters. The van der Waals surface area contributed by atoms with Crippen LogP contribution in [0.1, 0.15) is 12.5 Å². The summed E-state index contributed by atoms with van der Waals surface area (Å²) in [6.07, 6.45) is 3.03. The van der Waals surface area contributed by atoms with Gasteiger partial charge in [-0.2, -0.15) is 5.10 Å². The van der Waals surface area contributed by atoms with Crippen molar-refractivity contribution in [1.82, 2.24) is 9.78 Å². The van der Waals surface area contributed by atoms with Crippen LogP contribution in [0.15, 0.2) is 59.6 Å². The van der Waals surface area contributed by atoms with E-state index in [4.69, 9.17) is 9.84 Å². The summed E-state index contributed by atoms with van der Waals surface area (Å²) < 4.78 is 7.32. The molecular formula is C19H20N2OS. The third-order valence-corrected chi connectivity index (χ3v) is 4.57. The van der Waals surface area contributed by atoms with Gasteiger partial charge in [-0.15, -0.1) is 11.8 Å². The molecule has 0 spiro atoms. The van der Waals surface area contributed by atoms with E-state index in [1.807, 2.05) is 35.0 Å². The number of benzene rings is 2. The predicted molar refractivity (Wildman–Crippen MR) is 96.7 cm³/mol. The van der Waals surface area contributed by atoms with Crippen molar-refractivity contribution in [2.45, 2.75) is 18.4 Å². The first kappa shape index (κ1) is 15.7. The Morgan fingerprint density at radius 3 is 2.30 bits per heavy atom. The second kappa shape index (κ2) is 6.92. The highest BCUT2D eigenvalue weighted by atomic mass is 32.2. The van der Waals surface area contributed by atoms with Gasteiger partial charge in [0.1, 0.15) is 10.8 Å². The number of hydrogen-bond acceptors (Lipinski definition) is 3. The molecule has 1 heterocycles. The van der Waals surface area contributed by atoms with Crippen LogP contribution in [-0.4, -0.2) is 23.1 Å². The van der Waals surface area contributed by atoms with Gasteiger partial charge in [-0.05, 0) is 49.1 Å². The van der Waals surface area contributed by atoms with Crippen LogP contribution in [0.5, 0.6) is 5.75 Å². The molecule has 0 fully saturated rings. The van der Waals surface area contributed by atoms with E-state index in [2.05, 4.69) is 37.4 Å². The van der Waals surface area contributed by atoms with Crippen LogP contribution in [0.2, 0.25) is 0 Å². The summed E-state index contributed by atoms with van der Waals surface area (Å²) in [7, 11) is 1.69. The fraction of sp³-hybridized carbons (Fsp3) is 0.211. The van der Waals surface area contributed by atoms with E-state index in [0.717, 1.165) is 34.1 Å². The molecule has 1 aromatic heterocycles. The lowest BCUT2D eigenvalue weighted by Crippen LogP contribution is -1.99. The first-order valence-corrected chi connectivity index (χ1v) is 8.86. The summed E-state index contributed by atoms with van der Waals surface area (Å²) in [6.45, 7) is 2.18. The van der Waals surface area contributed by atoms with Gasteiger partial charge < -0.3 is 4.74 Å². The lowest BCUT2D eigenvalue weighted by atomic mass is 10.1. The number of hydrogen-bond donors (Lipinski definition) is 0. The summed E-state index contributed by atoms with van der Waals surface area (Å²) in [5.74, 6) is 0.864. The molecule has 0 N–H and O–H groups in total. The fourth-order valence-corrected chi connectivity index (χ4v) is 3.37. The van der Waals surface area contributed by atoms with Gasteiger partial charge in [0.05, 0.1) is 18.5 Å². The molecule has 0 saturated carbocycles. The largest absolute Gasteiger partial charge is 0.497 e. The van der Waals surface area contributed by atoms with Crippen LogP contribution in [-0.2, 0) is 6.42 Å². The SMILES string of the molecule is CCc1c(SC)nn(-c2ccccc2)c1-c1ccc(OC)cc1. The van der Waals surface area contributed by atoms with Crippen molar-refractivity contribution >= 4 is 11.8 Å². The quantitative estimate of drug-likeness (QED) is 0.629. The Bertz CT molecular complexity index is 779. The zero-order chi connectivity index (χ0) is 16.2. The standard InChI is InChI=1S/C19H20N2OS/c1-4-17-18(14-10-12-16(22-2)13-11-14)21(20-19(17)23-3)15-8-6-5-7-9-15/h5-13H,4H2,1-3H3. The summed E-state index contributed by atoms with van der Waals surface area (Å²) in [6, 6.07) is 18.5. The van der Waals surface area contributed by atoms with Crippen molar-refractivity contribution in [1.29, 1.82) is 0 Å². The predicted octanol–water partition coefficient (Wildman–Crippen LogP) is 4.83. The maximum atomic E-state index is 5.28. The maximum absolute atomic E-state index is 5.28. The number of rotatable bonds is 5. The lowest BCUT2D eigenvalue weighted by Gasteiger charge is -2.10. The minimum Gasteiger partial charge on any atom is -0.497 e. The summed E-state index contributed by atoms with van der Waals surface area (Å²) in [4.78, 5) is 0. The van der Waals surface area contributed by atoms with E-state index in [1.165, 1.54) is 5.56 Å². The molecule has 0 aliphatic rings. The van der Waals surface area contributed by atoms with Crippen LogP contribution in [0, 0.1) is 0 Å². The Morgan fingerprint density at radius 2 is 1.74 bits per heavy atom. The van der Waals surface area contributed by atoms with Crippen LogP contribution < -0.4 is 4.74 Å². The minimum atomic E-state index is 0.864. The average Bonchev–Trinajstić information content (AvgIpc) is 3.01. The normalized spacial score (nSPS) is 10.7. The Labute approximate surface area is 141 Å². The molecule has 0 bridgehead atoms. The molecule has 118 valence electrons. The zero-order valence-corrected chi connectivity index (χ0v) is 14.4. The molecule has 0 amide bonds. The van der Waals surface area contributed by atoms with Gasteiger partial charge in [0.25, 0.3) is 0 Å². The van der Waals surface area contributed by atoms with Crippen LogP contribution in [0.25, 0.3) is 16.9 Å². The van der Waals surface area contributed by atoms with E-state index < -0.39 is 0 Å². The van der Waals surface area contributed by atoms with Gasteiger partial charge in [0.15, 0.2) is 0 Å². The topological polar surface area (TPSA) is 27.1 Å². The van der Waals surface area contributed by atoms with Crippen molar-refractivity contribution in [3.8, 4) is 22.7 Å². The smallest absolute Gasteiger partial charge is 0.122 e.